The van der Waals surface area contributed by atoms with E-state index in [1.807, 2.05) is 0 Å². The molecule has 0 unspecified atom stereocenters. The summed E-state index contributed by atoms with van der Waals surface area (Å²) < 4.78 is 119. The Hall–Kier alpha value is -3.10. The normalized spacial score (nSPS) is 12.4. The second kappa shape index (κ2) is 8.33. The number of ether oxygens (including phenoxy) is 1. The predicted octanol–water partition coefficient (Wildman–Crippen LogP) is 6.72. The van der Waals surface area contributed by atoms with Crippen LogP contribution in [0.2, 0.25) is 0 Å². The Labute approximate surface area is 164 Å². The molecule has 0 atom stereocenters. The van der Waals surface area contributed by atoms with Crippen molar-refractivity contribution in [3.05, 3.63) is 65.0 Å². The van der Waals surface area contributed by atoms with Gasteiger partial charge in [0.2, 0.25) is 0 Å². The molecule has 0 bridgehead atoms. The van der Waals surface area contributed by atoms with Gasteiger partial charge in [0.05, 0.1) is 12.1 Å². The Morgan fingerprint density at radius 2 is 1.47 bits per heavy atom. The van der Waals surface area contributed by atoms with Crippen LogP contribution >= 0.6 is 0 Å². The Bertz CT molecular complexity index is 910. The number of benzene rings is 2. The molecule has 0 fully saturated rings. The first-order valence-electron chi connectivity index (χ1n) is 7.93. The summed E-state index contributed by atoms with van der Waals surface area (Å²) in [7, 11) is 0. The molecule has 2 aromatic carbocycles. The number of hydrogen-bond acceptors (Lipinski definition) is 2. The second-order valence-corrected chi connectivity index (χ2v) is 5.97. The predicted molar refractivity (Wildman–Crippen MR) is 87.9 cm³/mol. The number of alkyl halides is 9. The summed E-state index contributed by atoms with van der Waals surface area (Å²) >= 11 is 0. The molecule has 0 saturated carbocycles. The van der Waals surface area contributed by atoms with Crippen molar-refractivity contribution in [2.24, 2.45) is 0 Å². The lowest BCUT2D eigenvalue weighted by molar-refractivity contribution is -0.274. The molecule has 0 aliphatic rings. The summed E-state index contributed by atoms with van der Waals surface area (Å²) in [6.07, 6.45) is -14.7. The third-order valence-corrected chi connectivity index (χ3v) is 3.67. The lowest BCUT2D eigenvalue weighted by Crippen LogP contribution is -2.34. The van der Waals surface area contributed by atoms with Crippen molar-refractivity contribution in [1.82, 2.24) is 0 Å². The third kappa shape index (κ3) is 6.75. The van der Waals surface area contributed by atoms with Gasteiger partial charge < -0.3 is 9.64 Å². The fourth-order valence-electron chi connectivity index (χ4n) is 2.52. The van der Waals surface area contributed by atoms with Crippen molar-refractivity contribution in [1.29, 1.82) is 0 Å². The summed E-state index contributed by atoms with van der Waals surface area (Å²) in [6, 6.07) is 5.99. The molecule has 0 aliphatic heterocycles. The van der Waals surface area contributed by atoms with E-state index in [0.29, 0.717) is 11.0 Å². The molecule has 30 heavy (non-hydrogen) atoms. The van der Waals surface area contributed by atoms with Crippen molar-refractivity contribution in [3.63, 3.8) is 0 Å². The van der Waals surface area contributed by atoms with E-state index in [9.17, 15) is 39.5 Å². The van der Waals surface area contributed by atoms with Gasteiger partial charge in [0.25, 0.3) is 0 Å². The Morgan fingerprint density at radius 1 is 0.867 bits per heavy atom. The molecule has 0 spiro atoms. The van der Waals surface area contributed by atoms with Crippen LogP contribution in [0.25, 0.3) is 4.85 Å². The first-order chi connectivity index (χ1) is 13.7. The van der Waals surface area contributed by atoms with Gasteiger partial charge in [-0.2, -0.15) is 26.3 Å². The van der Waals surface area contributed by atoms with Gasteiger partial charge in [-0.1, -0.05) is 18.2 Å². The Balaban J connectivity index is 2.37. The number of nitrogens with zero attached hydrogens (tertiary/aromatic N) is 2. The van der Waals surface area contributed by atoms with Gasteiger partial charge >= 0.3 is 18.7 Å². The van der Waals surface area contributed by atoms with Crippen LogP contribution in [0.15, 0.2) is 42.5 Å². The lowest BCUT2D eigenvalue weighted by atomic mass is 10.1. The van der Waals surface area contributed by atoms with E-state index in [1.165, 1.54) is 0 Å². The Kier molecular flexibility index (Phi) is 6.44. The zero-order chi connectivity index (χ0) is 22.7. The average molecular weight is 442 g/mol. The highest BCUT2D eigenvalue weighted by Gasteiger charge is 2.36. The van der Waals surface area contributed by atoms with Gasteiger partial charge in [0.1, 0.15) is 12.3 Å². The van der Waals surface area contributed by atoms with Gasteiger partial charge in [-0.3, -0.25) is 0 Å². The number of halogens is 9. The molecule has 0 heterocycles. The third-order valence-electron chi connectivity index (χ3n) is 3.67. The Morgan fingerprint density at radius 3 is 1.93 bits per heavy atom. The summed E-state index contributed by atoms with van der Waals surface area (Å²) in [5, 5.41) is 0. The van der Waals surface area contributed by atoms with Gasteiger partial charge in [-0.15, -0.1) is 13.2 Å². The van der Waals surface area contributed by atoms with E-state index < -0.39 is 54.5 Å². The molecule has 0 N–H and O–H groups in total. The smallest absolute Gasteiger partial charge is 0.406 e. The van der Waals surface area contributed by atoms with Crippen molar-refractivity contribution < 1.29 is 44.3 Å². The minimum atomic E-state index is -4.96. The van der Waals surface area contributed by atoms with Crippen LogP contribution in [0.3, 0.4) is 0 Å². The topological polar surface area (TPSA) is 16.8 Å². The number of hydrogen-bond donors (Lipinski definition) is 0. The minimum Gasteiger partial charge on any atom is -0.406 e. The maximum atomic E-state index is 13.1. The molecule has 0 saturated heterocycles. The summed E-state index contributed by atoms with van der Waals surface area (Å²) in [6.45, 7) is 4.61. The van der Waals surface area contributed by atoms with Crippen LogP contribution in [-0.2, 0) is 12.7 Å². The van der Waals surface area contributed by atoms with E-state index in [2.05, 4.69) is 9.58 Å². The van der Waals surface area contributed by atoms with Crippen LogP contribution in [-0.4, -0.2) is 19.1 Å². The molecular formula is C18H11F9N2O. The van der Waals surface area contributed by atoms with E-state index >= 15 is 0 Å². The summed E-state index contributed by atoms with van der Waals surface area (Å²) in [5.74, 6) is -0.602. The number of rotatable bonds is 5. The first kappa shape index (κ1) is 23.2. The fourth-order valence-corrected chi connectivity index (χ4v) is 2.52. The molecule has 0 amide bonds. The number of anilines is 1. The van der Waals surface area contributed by atoms with Gasteiger partial charge in [0, 0.05) is 12.2 Å². The van der Waals surface area contributed by atoms with E-state index in [4.69, 9.17) is 6.57 Å². The van der Waals surface area contributed by atoms with Crippen LogP contribution in [0, 0.1) is 6.57 Å². The van der Waals surface area contributed by atoms with Crippen LogP contribution in [0.1, 0.15) is 11.1 Å². The lowest BCUT2D eigenvalue weighted by Gasteiger charge is -2.27. The molecule has 2 aromatic rings. The zero-order valence-electron chi connectivity index (χ0n) is 14.7. The molecule has 0 aliphatic carbocycles. The highest BCUT2D eigenvalue weighted by atomic mass is 19.4. The van der Waals surface area contributed by atoms with E-state index in [0.717, 1.165) is 36.4 Å². The van der Waals surface area contributed by atoms with E-state index in [1.54, 1.807) is 0 Å². The largest absolute Gasteiger partial charge is 0.573 e. The SMILES string of the molecule is [C-]#[N+]c1ccc(N(Cc2ccc(OC(F)(F)F)cc2)CC(F)(F)F)cc1C(F)(F)F. The second-order valence-electron chi connectivity index (χ2n) is 5.97. The molecular weight excluding hydrogens is 431 g/mol. The van der Waals surface area contributed by atoms with Gasteiger partial charge in [0.15, 0.2) is 5.69 Å². The van der Waals surface area contributed by atoms with Gasteiger partial charge in [-0.05, 0) is 29.8 Å². The van der Waals surface area contributed by atoms with Gasteiger partial charge in [-0.25, -0.2) is 4.85 Å². The minimum absolute atomic E-state index is 0.0941. The maximum Gasteiger partial charge on any atom is 0.573 e. The maximum absolute atomic E-state index is 13.1. The van der Waals surface area contributed by atoms with Crippen molar-refractivity contribution in [2.75, 3.05) is 11.4 Å². The highest BCUT2D eigenvalue weighted by Crippen LogP contribution is 2.39. The van der Waals surface area contributed by atoms with Crippen LogP contribution in [0.5, 0.6) is 5.75 Å². The molecule has 162 valence electrons. The van der Waals surface area contributed by atoms with Crippen molar-refractivity contribution in [2.45, 2.75) is 25.3 Å². The summed E-state index contributed by atoms with van der Waals surface area (Å²) in [4.78, 5) is 3.29. The van der Waals surface area contributed by atoms with Crippen LogP contribution in [0.4, 0.5) is 50.9 Å². The summed E-state index contributed by atoms with van der Waals surface area (Å²) in [5.41, 5.74) is -2.53. The van der Waals surface area contributed by atoms with Crippen molar-refractivity contribution >= 4 is 11.4 Å². The quantitative estimate of drug-likeness (QED) is 0.378. The molecule has 0 aromatic heterocycles. The van der Waals surface area contributed by atoms with E-state index in [-0.39, 0.29) is 5.56 Å². The molecule has 3 nitrogen and oxygen atoms in total. The zero-order valence-corrected chi connectivity index (χ0v) is 14.7. The highest BCUT2D eigenvalue weighted by molar-refractivity contribution is 5.62. The molecule has 2 rings (SSSR count). The molecule has 0 radical (unpaired) electrons. The average Bonchev–Trinajstić information content (AvgIpc) is 2.59. The molecule has 12 heteroatoms. The van der Waals surface area contributed by atoms with Crippen LogP contribution < -0.4 is 9.64 Å². The first-order valence-corrected chi connectivity index (χ1v) is 7.93. The van der Waals surface area contributed by atoms with Crippen molar-refractivity contribution in [3.8, 4) is 5.75 Å². The fraction of sp³-hybridized carbons (Fsp3) is 0.278. The monoisotopic (exact) mass is 442 g/mol. The standard InChI is InChI=1S/C18H11F9N2O/c1-28-15-7-4-12(8-14(15)17(22,23)24)29(10-16(19,20)21)9-11-2-5-13(6-3-11)30-18(25,26)27/h2-8H,9-10H2.